The van der Waals surface area contributed by atoms with Crippen LogP contribution in [0.3, 0.4) is 0 Å². The van der Waals surface area contributed by atoms with E-state index in [1.807, 2.05) is 13.8 Å². The number of nitrogens with one attached hydrogen (secondary N) is 2. The molecule has 2 N–H and O–H groups in total. The van der Waals surface area contributed by atoms with Gasteiger partial charge in [-0.2, -0.15) is 0 Å². The number of methoxy groups -OCH3 is 1. The van der Waals surface area contributed by atoms with Gasteiger partial charge in [0.25, 0.3) is 20.0 Å². The molecule has 3 aromatic rings. The molecule has 0 heterocycles. The predicted octanol–water partition coefficient (Wildman–Crippen LogP) is 5.93. The number of benzene rings is 3. The Kier molecular flexibility index (Phi) is 10.6. The normalized spacial score (nSPS) is 11.6. The van der Waals surface area contributed by atoms with Gasteiger partial charge in [-0.25, -0.2) is 25.6 Å². The second kappa shape index (κ2) is 13.7. The monoisotopic (exact) mass is 598 g/mol. The number of unbranched alkanes of at least 4 members (excludes halogenated alkanes) is 2. The molecule has 3 aromatic carbocycles. The quantitative estimate of drug-likeness (QED) is 0.208. The molecule has 0 unspecified atom stereocenters. The van der Waals surface area contributed by atoms with Gasteiger partial charge >= 0.3 is 0 Å². The van der Waals surface area contributed by atoms with Crippen molar-refractivity contribution in [3.63, 3.8) is 0 Å². The summed E-state index contributed by atoms with van der Waals surface area (Å²) in [4.78, 5) is -0.976. The minimum absolute atomic E-state index is 0.150. The molecule has 0 aliphatic rings. The highest BCUT2D eigenvalue weighted by atomic mass is 32.2. The van der Waals surface area contributed by atoms with E-state index in [9.17, 15) is 25.6 Å². The average molecular weight is 599 g/mol. The number of rotatable bonds is 15. The van der Waals surface area contributed by atoms with Crippen LogP contribution in [-0.2, 0) is 20.0 Å². The number of hydrogen-bond donors (Lipinski definition) is 2. The Morgan fingerprint density at radius 2 is 1.23 bits per heavy atom. The van der Waals surface area contributed by atoms with Gasteiger partial charge in [-0.05, 0) is 55.3 Å². The van der Waals surface area contributed by atoms with Crippen LogP contribution in [0.25, 0.3) is 0 Å². The molecule has 0 aromatic heterocycles. The maximum atomic E-state index is 14.5. The van der Waals surface area contributed by atoms with Crippen molar-refractivity contribution < 1.29 is 39.8 Å². The molecule has 218 valence electrons. The number of sulfonamides is 2. The van der Waals surface area contributed by atoms with Crippen molar-refractivity contribution in [3.05, 3.63) is 66.2 Å². The Balaban J connectivity index is 1.98. The van der Waals surface area contributed by atoms with Gasteiger partial charge in [0.1, 0.15) is 10.6 Å². The van der Waals surface area contributed by atoms with Gasteiger partial charge in [-0.15, -0.1) is 0 Å². The summed E-state index contributed by atoms with van der Waals surface area (Å²) in [6.45, 7) is 4.18. The molecule has 0 aliphatic carbocycles. The SMILES string of the molecule is CCCCOc1c(F)cccc1NS(=O)(=O)c1ccc(OC)c(S(=O)(=O)Nc2cccc(F)c2OCCCC)c1. The van der Waals surface area contributed by atoms with Gasteiger partial charge in [-0.1, -0.05) is 38.8 Å². The molecule has 9 nitrogen and oxygen atoms in total. The largest absolute Gasteiger partial charge is 0.495 e. The lowest BCUT2D eigenvalue weighted by Gasteiger charge is -2.17. The summed E-state index contributed by atoms with van der Waals surface area (Å²) in [6.07, 6.45) is 2.82. The molecule has 40 heavy (non-hydrogen) atoms. The predicted molar refractivity (Wildman–Crippen MR) is 148 cm³/mol. The molecule has 0 aliphatic heterocycles. The van der Waals surface area contributed by atoms with E-state index in [0.717, 1.165) is 43.2 Å². The van der Waals surface area contributed by atoms with Crippen LogP contribution in [0.15, 0.2) is 64.4 Å². The Bertz CT molecular complexity index is 1530. The van der Waals surface area contributed by atoms with E-state index in [2.05, 4.69) is 9.44 Å². The minimum Gasteiger partial charge on any atom is -0.495 e. The lowest BCUT2D eigenvalue weighted by molar-refractivity contribution is 0.296. The van der Waals surface area contributed by atoms with Crippen LogP contribution in [-0.4, -0.2) is 37.2 Å². The van der Waals surface area contributed by atoms with Gasteiger partial charge in [0.2, 0.25) is 0 Å². The molecule has 0 saturated carbocycles. The maximum Gasteiger partial charge on any atom is 0.265 e. The van der Waals surface area contributed by atoms with E-state index in [0.29, 0.717) is 12.8 Å². The number of halogens is 2. The Morgan fingerprint density at radius 1 is 0.725 bits per heavy atom. The van der Waals surface area contributed by atoms with Gasteiger partial charge in [-0.3, -0.25) is 9.44 Å². The minimum atomic E-state index is -4.51. The standard InChI is InChI=1S/C27H32F2N2O7S2/c1-4-6-16-37-26-20(28)10-8-12-22(26)30-39(32,33)19-14-15-24(36-3)25(18-19)40(34,35)31-23-13-9-11-21(29)27(23)38-17-7-5-2/h8-15,18,30-31H,4-7,16-17H2,1-3H3. The molecule has 0 saturated heterocycles. The van der Waals surface area contributed by atoms with Crippen LogP contribution < -0.4 is 23.7 Å². The summed E-state index contributed by atoms with van der Waals surface area (Å²) in [5.74, 6) is -2.25. The summed E-state index contributed by atoms with van der Waals surface area (Å²) >= 11 is 0. The first-order chi connectivity index (χ1) is 19.0. The second-order valence-electron chi connectivity index (χ2n) is 8.66. The highest BCUT2D eigenvalue weighted by Gasteiger charge is 2.27. The van der Waals surface area contributed by atoms with Crippen LogP contribution in [0.5, 0.6) is 17.2 Å². The lowest BCUT2D eigenvalue weighted by Crippen LogP contribution is -2.18. The first-order valence-corrected chi connectivity index (χ1v) is 15.6. The molecule has 0 atom stereocenters. The number of para-hydroxylation sites is 2. The third-order valence-corrected chi connectivity index (χ3v) is 8.40. The van der Waals surface area contributed by atoms with Gasteiger partial charge in [0, 0.05) is 0 Å². The van der Waals surface area contributed by atoms with Crippen molar-refractivity contribution in [2.75, 3.05) is 29.8 Å². The van der Waals surface area contributed by atoms with Gasteiger partial charge in [0.05, 0.1) is 36.6 Å². The van der Waals surface area contributed by atoms with Crippen molar-refractivity contribution >= 4 is 31.4 Å². The van der Waals surface area contributed by atoms with Gasteiger partial charge < -0.3 is 14.2 Å². The van der Waals surface area contributed by atoms with Crippen LogP contribution >= 0.6 is 0 Å². The zero-order chi connectivity index (χ0) is 29.3. The van der Waals surface area contributed by atoms with Crippen molar-refractivity contribution in [2.45, 2.75) is 49.3 Å². The summed E-state index contributed by atoms with van der Waals surface area (Å²) in [6, 6.07) is 10.7. The Labute approximate surface area is 233 Å². The van der Waals surface area contributed by atoms with Crippen LogP contribution in [0.2, 0.25) is 0 Å². The average Bonchev–Trinajstić information content (AvgIpc) is 2.91. The van der Waals surface area contributed by atoms with Crippen molar-refractivity contribution in [2.24, 2.45) is 0 Å². The fourth-order valence-corrected chi connectivity index (χ4v) is 5.97. The molecule has 0 spiro atoms. The Morgan fingerprint density at radius 3 is 1.70 bits per heavy atom. The summed E-state index contributed by atoms with van der Waals surface area (Å²) in [7, 11) is -7.72. The smallest absolute Gasteiger partial charge is 0.265 e. The van der Waals surface area contributed by atoms with E-state index in [4.69, 9.17) is 14.2 Å². The first-order valence-electron chi connectivity index (χ1n) is 12.6. The fourth-order valence-electron chi connectivity index (χ4n) is 3.55. The number of ether oxygens (including phenoxy) is 3. The van der Waals surface area contributed by atoms with Crippen LogP contribution in [0, 0.1) is 11.6 Å². The Hall–Kier alpha value is -3.58. The zero-order valence-corrected chi connectivity index (χ0v) is 24.0. The molecule has 3 rings (SSSR count). The van der Waals surface area contributed by atoms with Crippen molar-refractivity contribution in [1.29, 1.82) is 0 Å². The number of anilines is 2. The van der Waals surface area contributed by atoms with Gasteiger partial charge in [0.15, 0.2) is 23.1 Å². The number of hydrogen-bond acceptors (Lipinski definition) is 7. The molecule has 0 amide bonds. The first kappa shape index (κ1) is 31.0. The molecule has 0 fully saturated rings. The highest BCUT2D eigenvalue weighted by Crippen LogP contribution is 2.35. The van der Waals surface area contributed by atoms with E-state index in [1.54, 1.807) is 0 Å². The molecular formula is C27H32F2N2O7S2. The third kappa shape index (κ3) is 7.54. The van der Waals surface area contributed by atoms with E-state index >= 15 is 0 Å². The van der Waals surface area contributed by atoms with Crippen LogP contribution in [0.1, 0.15) is 39.5 Å². The molecular weight excluding hydrogens is 566 g/mol. The second-order valence-corrected chi connectivity index (χ2v) is 12.0. The lowest BCUT2D eigenvalue weighted by atomic mass is 10.3. The van der Waals surface area contributed by atoms with E-state index < -0.39 is 41.5 Å². The molecule has 13 heteroatoms. The van der Waals surface area contributed by atoms with Crippen molar-refractivity contribution in [3.8, 4) is 17.2 Å². The molecule has 0 bridgehead atoms. The van der Waals surface area contributed by atoms with Crippen LogP contribution in [0.4, 0.5) is 20.2 Å². The highest BCUT2D eigenvalue weighted by molar-refractivity contribution is 7.93. The topological polar surface area (TPSA) is 120 Å². The zero-order valence-electron chi connectivity index (χ0n) is 22.4. The summed E-state index contributed by atoms with van der Waals surface area (Å²) in [5.41, 5.74) is -0.318. The fraction of sp³-hybridized carbons (Fsp3) is 0.333. The summed E-state index contributed by atoms with van der Waals surface area (Å²) in [5, 5.41) is 0. The van der Waals surface area contributed by atoms with E-state index in [1.165, 1.54) is 31.4 Å². The summed E-state index contributed by atoms with van der Waals surface area (Å²) < 4.78 is 103. The maximum absolute atomic E-state index is 14.5. The van der Waals surface area contributed by atoms with E-state index in [-0.39, 0.29) is 41.8 Å². The molecule has 0 radical (unpaired) electrons. The third-order valence-electron chi connectivity index (χ3n) is 5.65. The van der Waals surface area contributed by atoms with Crippen molar-refractivity contribution in [1.82, 2.24) is 0 Å².